The van der Waals surface area contributed by atoms with Crippen molar-refractivity contribution in [2.24, 2.45) is 0 Å². The Morgan fingerprint density at radius 3 is 2.54 bits per heavy atom. The van der Waals surface area contributed by atoms with Crippen molar-refractivity contribution < 1.29 is 53.3 Å². The molecule has 4 N–H and O–H groups in total. The standard InChI is InChI=1S/C39H43N3O11S/c1-16-9-20-10-22-37(46)42-23-13-50-38(47)39(21-12-25(48-5)24(44)11-19(21)7-8-41(39)4)14-54-36(30(42)29(40-22)26(20)31(45)32(16)49-6)28-27(23)35-34(51-15-52-35)17(2)33(28)53-18(3)43/h9,11-12,22-23,29-30,36-37,40,44-46H,7-8,10,13-15H2,1-6H3/t22?,23-,29?,30?,36-,37+,39-/m1/s1. The molecule has 54 heavy (non-hydrogen) atoms. The van der Waals surface area contributed by atoms with Gasteiger partial charge in [0.2, 0.25) is 6.79 Å². The molecule has 7 atom stereocenters. The van der Waals surface area contributed by atoms with Crippen LogP contribution >= 0.6 is 11.8 Å². The number of aromatic hydroxyl groups is 2. The van der Waals surface area contributed by atoms with Gasteiger partial charge in [0, 0.05) is 47.5 Å². The molecule has 14 nitrogen and oxygen atoms in total. The molecule has 0 aliphatic carbocycles. The van der Waals surface area contributed by atoms with Gasteiger partial charge in [-0.3, -0.25) is 14.6 Å². The molecule has 2 fully saturated rings. The lowest BCUT2D eigenvalue weighted by molar-refractivity contribution is -0.169. The van der Waals surface area contributed by atoms with E-state index in [4.69, 9.17) is 28.4 Å². The third-order valence-corrected chi connectivity index (χ3v) is 13.7. The first-order chi connectivity index (χ1) is 25.9. The summed E-state index contributed by atoms with van der Waals surface area (Å²) in [7, 11) is 4.89. The zero-order valence-corrected chi connectivity index (χ0v) is 31.7. The number of hydrogen-bond donors (Lipinski definition) is 4. The topological polar surface area (TPSA) is 169 Å². The number of hydrogen-bond acceptors (Lipinski definition) is 15. The highest BCUT2D eigenvalue weighted by Crippen LogP contribution is 2.63. The van der Waals surface area contributed by atoms with E-state index in [1.54, 1.807) is 12.1 Å². The molecule has 286 valence electrons. The highest BCUT2D eigenvalue weighted by atomic mass is 32.2. The van der Waals surface area contributed by atoms with E-state index in [1.165, 1.54) is 32.9 Å². The van der Waals surface area contributed by atoms with Crippen molar-refractivity contribution in [2.45, 2.75) is 74.8 Å². The Morgan fingerprint density at radius 2 is 1.80 bits per heavy atom. The van der Waals surface area contributed by atoms with Crippen molar-refractivity contribution in [1.29, 1.82) is 0 Å². The summed E-state index contributed by atoms with van der Waals surface area (Å²) in [4.78, 5) is 31.7. The minimum absolute atomic E-state index is 0.0173. The minimum atomic E-state index is -1.31. The van der Waals surface area contributed by atoms with Gasteiger partial charge in [0.05, 0.1) is 37.6 Å². The van der Waals surface area contributed by atoms with Gasteiger partial charge in [-0.25, -0.2) is 4.79 Å². The number of piperazine rings is 1. The maximum atomic E-state index is 14.9. The summed E-state index contributed by atoms with van der Waals surface area (Å²) in [6.07, 6.45) is -0.0425. The average molecular weight is 762 g/mol. The molecule has 3 aromatic carbocycles. The van der Waals surface area contributed by atoms with Gasteiger partial charge in [-0.2, -0.15) is 0 Å². The predicted octanol–water partition coefficient (Wildman–Crippen LogP) is 3.41. The van der Waals surface area contributed by atoms with Crippen LogP contribution < -0.4 is 29.0 Å². The number of thioether (sulfide) groups is 1. The molecule has 7 aliphatic rings. The number of nitrogens with one attached hydrogen (secondary N) is 1. The maximum absolute atomic E-state index is 14.9. The van der Waals surface area contributed by atoms with E-state index in [-0.39, 0.29) is 36.4 Å². The van der Waals surface area contributed by atoms with E-state index in [9.17, 15) is 24.9 Å². The van der Waals surface area contributed by atoms with Crippen molar-refractivity contribution >= 4 is 23.7 Å². The number of phenolic OH excluding ortho intramolecular Hbond substituents is 2. The number of likely N-dealkylation sites (N-methyl/N-ethyl adjacent to an activating group) is 1. The van der Waals surface area contributed by atoms with Gasteiger partial charge in [-0.1, -0.05) is 6.07 Å². The number of nitrogens with zero attached hydrogens (tertiary/aromatic N) is 2. The van der Waals surface area contributed by atoms with Gasteiger partial charge in [0.1, 0.15) is 18.6 Å². The van der Waals surface area contributed by atoms with Gasteiger partial charge >= 0.3 is 11.9 Å². The Labute approximate surface area is 316 Å². The molecule has 0 saturated carbocycles. The van der Waals surface area contributed by atoms with Crippen molar-refractivity contribution in [1.82, 2.24) is 15.1 Å². The van der Waals surface area contributed by atoms with Crippen LogP contribution in [0.5, 0.6) is 40.2 Å². The zero-order valence-electron chi connectivity index (χ0n) is 30.8. The first-order valence-corrected chi connectivity index (χ1v) is 19.1. The van der Waals surface area contributed by atoms with Gasteiger partial charge < -0.3 is 49.1 Å². The van der Waals surface area contributed by atoms with E-state index < -0.39 is 53.1 Å². The van der Waals surface area contributed by atoms with Gasteiger partial charge in [-0.05, 0) is 68.1 Å². The van der Waals surface area contributed by atoms with Crippen molar-refractivity contribution in [3.63, 3.8) is 0 Å². The van der Waals surface area contributed by atoms with Crippen LogP contribution in [0.3, 0.4) is 0 Å². The molecular formula is C39H43N3O11S. The second kappa shape index (κ2) is 12.6. The number of methoxy groups -OCH3 is 2. The third kappa shape index (κ3) is 4.74. The summed E-state index contributed by atoms with van der Waals surface area (Å²) in [5, 5.41) is 38.2. The second-order valence-electron chi connectivity index (χ2n) is 15.0. The highest BCUT2D eigenvalue weighted by Gasteiger charge is 2.60. The fourth-order valence-electron chi connectivity index (χ4n) is 9.90. The summed E-state index contributed by atoms with van der Waals surface area (Å²) in [5.74, 6) is 0.986. The average Bonchev–Trinajstić information content (AvgIpc) is 3.64. The first kappa shape index (κ1) is 35.3. The molecule has 7 aliphatic heterocycles. The van der Waals surface area contributed by atoms with Gasteiger partial charge in [0.25, 0.3) is 0 Å². The molecule has 0 radical (unpaired) electrons. The fraction of sp³-hybridized carbons (Fsp3) is 0.487. The van der Waals surface area contributed by atoms with Crippen molar-refractivity contribution in [2.75, 3.05) is 47.0 Å². The minimum Gasteiger partial charge on any atom is -0.504 e. The Morgan fingerprint density at radius 1 is 1.02 bits per heavy atom. The van der Waals surface area contributed by atoms with Crippen LogP contribution in [0.1, 0.15) is 68.8 Å². The fourth-order valence-corrected chi connectivity index (χ4v) is 11.7. The van der Waals surface area contributed by atoms with E-state index in [1.807, 2.05) is 36.8 Å². The smallest absolute Gasteiger partial charge is 0.332 e. The SMILES string of the molecule is COc1cc2c(cc1O)CCN(C)[C@]21CS[C@@H]2c3c(OC(C)=O)c(C)c4c(c3[C@@H](COC1=O)N1C2C2NC(Cc3cc(C)c(OC)c(O)c32)[C@@H]1O)OCO4. The van der Waals surface area contributed by atoms with Crippen molar-refractivity contribution in [3.05, 3.63) is 62.7 Å². The predicted molar refractivity (Wildman–Crippen MR) is 195 cm³/mol. The van der Waals surface area contributed by atoms with Crippen LogP contribution in [0.4, 0.5) is 0 Å². The number of fused-ring (bicyclic) bond motifs is 9. The quantitative estimate of drug-likeness (QED) is 0.226. The summed E-state index contributed by atoms with van der Waals surface area (Å²) in [6.45, 7) is 5.32. The van der Waals surface area contributed by atoms with Crippen LogP contribution in [-0.2, 0) is 32.7 Å². The molecule has 7 heterocycles. The lowest BCUT2D eigenvalue weighted by atomic mass is 9.74. The monoisotopic (exact) mass is 761 g/mol. The lowest BCUT2D eigenvalue weighted by Gasteiger charge is -2.59. The van der Waals surface area contributed by atoms with Gasteiger partial charge in [0.15, 0.2) is 40.0 Å². The number of aryl methyl sites for hydroxylation is 1. The van der Waals surface area contributed by atoms with Crippen LogP contribution in [0.25, 0.3) is 0 Å². The van der Waals surface area contributed by atoms with Crippen molar-refractivity contribution in [3.8, 4) is 40.2 Å². The summed E-state index contributed by atoms with van der Waals surface area (Å²) in [6, 6.07) is 3.04. The Kier molecular flexibility index (Phi) is 8.21. The number of rotatable bonds is 3. The van der Waals surface area contributed by atoms with E-state index in [2.05, 4.69) is 5.32 Å². The van der Waals surface area contributed by atoms with E-state index in [0.29, 0.717) is 70.2 Å². The summed E-state index contributed by atoms with van der Waals surface area (Å²) >= 11 is 1.48. The number of aliphatic hydroxyl groups excluding tert-OH is 1. The van der Waals surface area contributed by atoms with E-state index in [0.717, 1.165) is 16.7 Å². The molecule has 3 unspecified atom stereocenters. The molecular weight excluding hydrogens is 719 g/mol. The Bertz CT molecular complexity index is 2130. The number of carbonyl (C=O) groups excluding carboxylic acids is 2. The highest BCUT2D eigenvalue weighted by molar-refractivity contribution is 7.99. The van der Waals surface area contributed by atoms with Crippen LogP contribution in [0.2, 0.25) is 0 Å². The molecule has 3 aromatic rings. The number of ether oxygens (including phenoxy) is 6. The molecule has 10 rings (SSSR count). The lowest BCUT2D eigenvalue weighted by Crippen LogP contribution is -2.69. The normalized spacial score (nSPS) is 29.4. The number of aliphatic hydroxyl groups is 1. The van der Waals surface area contributed by atoms with E-state index >= 15 is 0 Å². The first-order valence-electron chi connectivity index (χ1n) is 18.1. The van der Waals surface area contributed by atoms with Crippen LogP contribution in [-0.4, -0.2) is 102 Å². The van der Waals surface area contributed by atoms with Crippen LogP contribution in [0.15, 0.2) is 18.2 Å². The molecule has 15 heteroatoms. The third-order valence-electron chi connectivity index (χ3n) is 12.3. The molecule has 0 aromatic heterocycles. The van der Waals surface area contributed by atoms with Gasteiger partial charge in [-0.15, -0.1) is 11.8 Å². The molecule has 0 amide bonds. The zero-order chi connectivity index (χ0) is 38.0. The molecule has 2 saturated heterocycles. The number of phenols is 2. The number of carbonyl (C=O) groups is 2. The summed E-state index contributed by atoms with van der Waals surface area (Å²) < 4.78 is 36.0. The maximum Gasteiger partial charge on any atom is 0.332 e. The Hall–Kier alpha value is -4.41. The molecule has 4 bridgehead atoms. The number of benzene rings is 3. The largest absolute Gasteiger partial charge is 0.504 e. The Balaban J connectivity index is 1.32. The summed E-state index contributed by atoms with van der Waals surface area (Å²) in [5.41, 5.74) is 4.39. The molecule has 1 spiro atoms. The number of esters is 2. The second-order valence-corrected chi connectivity index (χ2v) is 16.1. The van der Waals surface area contributed by atoms with Crippen LogP contribution in [0, 0.1) is 13.8 Å².